The van der Waals surface area contributed by atoms with Gasteiger partial charge in [-0.15, -0.1) is 0 Å². The van der Waals surface area contributed by atoms with E-state index in [2.05, 4.69) is 20.8 Å². The first kappa shape index (κ1) is 10.6. The van der Waals surface area contributed by atoms with E-state index >= 15 is 0 Å². The van der Waals surface area contributed by atoms with Gasteiger partial charge in [0.2, 0.25) is 5.95 Å². The second-order valence-electron chi connectivity index (χ2n) is 2.88. The maximum Gasteiger partial charge on any atom is 0.293 e. The highest BCUT2D eigenvalue weighted by molar-refractivity contribution is 6.29. The minimum absolute atomic E-state index is 0.107. The van der Waals surface area contributed by atoms with Crippen molar-refractivity contribution in [2.24, 2.45) is 0 Å². The van der Waals surface area contributed by atoms with Gasteiger partial charge >= 0.3 is 0 Å². The van der Waals surface area contributed by atoms with Gasteiger partial charge in [-0.25, -0.2) is 4.68 Å². The molecule has 0 saturated heterocycles. The molecule has 84 valence electrons. The van der Waals surface area contributed by atoms with Gasteiger partial charge in [-0.05, 0) is 41.1 Å². The van der Waals surface area contributed by atoms with E-state index in [1.807, 2.05) is 6.92 Å². The fraction of sp³-hybridized carbons (Fsp3) is 0.250. The molecule has 0 aromatic carbocycles. The largest absolute Gasteiger partial charge is 0.440 e. The Morgan fingerprint density at radius 1 is 1.62 bits per heavy atom. The average molecular weight is 242 g/mol. The lowest BCUT2D eigenvalue weighted by Gasteiger charge is -2.01. The van der Waals surface area contributed by atoms with Gasteiger partial charge in [0.25, 0.3) is 5.91 Å². The first-order chi connectivity index (χ1) is 7.70. The van der Waals surface area contributed by atoms with Crippen LogP contribution >= 0.6 is 11.6 Å². The number of anilines is 1. The highest BCUT2D eigenvalue weighted by Gasteiger charge is 2.14. The maximum atomic E-state index is 11.6. The van der Waals surface area contributed by atoms with Crippen molar-refractivity contribution >= 4 is 23.5 Å². The van der Waals surface area contributed by atoms with Crippen LogP contribution < -0.4 is 5.32 Å². The third-order valence-corrected chi connectivity index (χ3v) is 2.06. The van der Waals surface area contributed by atoms with Gasteiger partial charge in [-0.2, -0.15) is 0 Å². The number of hydrogen-bond acceptors (Lipinski definition) is 5. The number of nitrogens with zero attached hydrogens (tertiary/aromatic N) is 4. The Kier molecular flexibility index (Phi) is 2.86. The van der Waals surface area contributed by atoms with Gasteiger partial charge in [-0.1, -0.05) is 5.10 Å². The van der Waals surface area contributed by atoms with E-state index in [9.17, 15) is 4.79 Å². The maximum absolute atomic E-state index is 11.6. The van der Waals surface area contributed by atoms with Crippen LogP contribution in [0.4, 0.5) is 5.95 Å². The number of amides is 1. The summed E-state index contributed by atoms with van der Waals surface area (Å²) >= 11 is 5.55. The molecule has 1 N–H and O–H groups in total. The fourth-order valence-corrected chi connectivity index (χ4v) is 1.25. The average Bonchev–Trinajstić information content (AvgIpc) is 2.86. The van der Waals surface area contributed by atoms with Crippen molar-refractivity contribution in [1.29, 1.82) is 0 Å². The zero-order valence-electron chi connectivity index (χ0n) is 8.35. The van der Waals surface area contributed by atoms with Gasteiger partial charge in [0, 0.05) is 6.54 Å². The molecule has 0 unspecified atom stereocenters. The van der Waals surface area contributed by atoms with Crippen molar-refractivity contribution in [1.82, 2.24) is 20.2 Å². The lowest BCUT2D eigenvalue weighted by atomic mass is 10.4. The molecule has 1 amide bonds. The Bertz CT molecular complexity index is 506. The van der Waals surface area contributed by atoms with Crippen molar-refractivity contribution in [3.63, 3.8) is 0 Å². The van der Waals surface area contributed by atoms with Gasteiger partial charge in [0.1, 0.15) is 0 Å². The predicted octanol–water partition coefficient (Wildman–Crippen LogP) is 1.19. The molecule has 0 aliphatic rings. The Morgan fingerprint density at radius 3 is 3.06 bits per heavy atom. The molecule has 0 saturated carbocycles. The molecule has 2 heterocycles. The van der Waals surface area contributed by atoms with E-state index < -0.39 is 5.91 Å². The molecule has 0 aliphatic carbocycles. The summed E-state index contributed by atoms with van der Waals surface area (Å²) < 4.78 is 6.39. The van der Waals surface area contributed by atoms with E-state index in [0.717, 1.165) is 0 Å². The van der Waals surface area contributed by atoms with Gasteiger partial charge in [0.15, 0.2) is 11.0 Å². The van der Waals surface area contributed by atoms with Crippen LogP contribution in [0.2, 0.25) is 5.22 Å². The third-order valence-electron chi connectivity index (χ3n) is 1.85. The predicted molar refractivity (Wildman–Crippen MR) is 55.2 cm³/mol. The minimum Gasteiger partial charge on any atom is -0.440 e. The van der Waals surface area contributed by atoms with Crippen LogP contribution in [0.25, 0.3) is 0 Å². The Hall–Kier alpha value is -1.89. The molecule has 0 radical (unpaired) electrons. The Labute approximate surface area is 95.4 Å². The summed E-state index contributed by atoms with van der Waals surface area (Å²) in [6.45, 7) is 2.41. The monoisotopic (exact) mass is 241 g/mol. The Balaban J connectivity index is 2.13. The number of rotatable bonds is 3. The summed E-state index contributed by atoms with van der Waals surface area (Å²) in [4.78, 5) is 11.6. The van der Waals surface area contributed by atoms with Crippen molar-refractivity contribution in [2.45, 2.75) is 13.5 Å². The summed E-state index contributed by atoms with van der Waals surface area (Å²) in [6, 6.07) is 2.96. The molecule has 0 bridgehead atoms. The number of carbonyl (C=O) groups is 1. The van der Waals surface area contributed by atoms with Crippen molar-refractivity contribution in [3.05, 3.63) is 23.1 Å². The van der Waals surface area contributed by atoms with Gasteiger partial charge < -0.3 is 4.42 Å². The topological polar surface area (TPSA) is 85.8 Å². The first-order valence-corrected chi connectivity index (χ1v) is 4.91. The summed E-state index contributed by atoms with van der Waals surface area (Å²) in [5.74, 6) is -0.0768. The van der Waals surface area contributed by atoms with Crippen molar-refractivity contribution < 1.29 is 9.21 Å². The summed E-state index contributed by atoms with van der Waals surface area (Å²) in [6.07, 6.45) is 0. The quantitative estimate of drug-likeness (QED) is 0.872. The summed E-state index contributed by atoms with van der Waals surface area (Å²) in [5.41, 5.74) is 0. The van der Waals surface area contributed by atoms with Crippen LogP contribution in [0, 0.1) is 0 Å². The van der Waals surface area contributed by atoms with E-state index in [0.29, 0.717) is 6.54 Å². The molecular formula is C8H8ClN5O2. The second kappa shape index (κ2) is 4.31. The Morgan fingerprint density at radius 2 is 2.44 bits per heavy atom. The van der Waals surface area contributed by atoms with E-state index in [4.69, 9.17) is 16.0 Å². The van der Waals surface area contributed by atoms with Crippen molar-refractivity contribution in [3.8, 4) is 0 Å². The molecular weight excluding hydrogens is 234 g/mol. The number of halogens is 1. The summed E-state index contributed by atoms with van der Waals surface area (Å²) in [5, 5.41) is 13.4. The van der Waals surface area contributed by atoms with Crippen LogP contribution in [-0.2, 0) is 6.54 Å². The molecule has 2 rings (SSSR count). The SMILES string of the molecule is CCn1nnnc1NC(=O)c1ccc(Cl)o1. The van der Waals surface area contributed by atoms with E-state index in [1.165, 1.54) is 16.8 Å². The highest BCUT2D eigenvalue weighted by atomic mass is 35.5. The third kappa shape index (κ3) is 2.03. The van der Waals surface area contributed by atoms with Crippen LogP contribution in [-0.4, -0.2) is 26.1 Å². The molecule has 0 spiro atoms. The molecule has 7 nitrogen and oxygen atoms in total. The lowest BCUT2D eigenvalue weighted by molar-refractivity contribution is 0.0995. The lowest BCUT2D eigenvalue weighted by Crippen LogP contribution is -2.15. The van der Waals surface area contributed by atoms with Crippen molar-refractivity contribution in [2.75, 3.05) is 5.32 Å². The number of hydrogen-bond donors (Lipinski definition) is 1. The van der Waals surface area contributed by atoms with Crippen LogP contribution in [0.1, 0.15) is 17.5 Å². The zero-order valence-corrected chi connectivity index (χ0v) is 9.10. The number of carbonyl (C=O) groups excluding carboxylic acids is 1. The number of nitrogens with one attached hydrogen (secondary N) is 1. The number of tetrazole rings is 1. The van der Waals surface area contributed by atoms with Crippen LogP contribution in [0.5, 0.6) is 0 Å². The first-order valence-electron chi connectivity index (χ1n) is 4.53. The number of aromatic nitrogens is 4. The molecule has 2 aromatic rings. The molecule has 16 heavy (non-hydrogen) atoms. The normalized spacial score (nSPS) is 10.4. The number of aryl methyl sites for hydroxylation is 1. The van der Waals surface area contributed by atoms with E-state index in [1.54, 1.807) is 0 Å². The van der Waals surface area contributed by atoms with E-state index in [-0.39, 0.29) is 16.9 Å². The molecule has 0 aliphatic heterocycles. The standard InChI is InChI=1S/C8H8ClN5O2/c1-2-14-8(11-12-13-14)10-7(15)5-3-4-6(9)16-5/h3-4H,2H2,1H3,(H,10,11,13,15). The minimum atomic E-state index is -0.448. The van der Waals surface area contributed by atoms with Crippen LogP contribution in [0.15, 0.2) is 16.5 Å². The highest BCUT2D eigenvalue weighted by Crippen LogP contribution is 2.14. The van der Waals surface area contributed by atoms with Crippen LogP contribution in [0.3, 0.4) is 0 Å². The molecule has 0 atom stereocenters. The summed E-state index contributed by atoms with van der Waals surface area (Å²) in [7, 11) is 0. The molecule has 0 fully saturated rings. The molecule has 8 heteroatoms. The number of furan rings is 1. The van der Waals surface area contributed by atoms with Gasteiger partial charge in [0.05, 0.1) is 0 Å². The molecule has 2 aromatic heterocycles. The van der Waals surface area contributed by atoms with Gasteiger partial charge in [-0.3, -0.25) is 10.1 Å². The zero-order chi connectivity index (χ0) is 11.5. The smallest absolute Gasteiger partial charge is 0.293 e. The second-order valence-corrected chi connectivity index (χ2v) is 3.25. The fourth-order valence-electron chi connectivity index (χ4n) is 1.11.